The third-order valence-corrected chi connectivity index (χ3v) is 4.98. The third-order valence-electron chi connectivity index (χ3n) is 2.96. The zero-order chi connectivity index (χ0) is 14.9. The molecular formula is C14H13BrFNO2S. The highest BCUT2D eigenvalue weighted by molar-refractivity contribution is 9.10. The van der Waals surface area contributed by atoms with Gasteiger partial charge in [-0.05, 0) is 71.2 Å². The lowest BCUT2D eigenvalue weighted by Crippen LogP contribution is -2.13. The van der Waals surface area contributed by atoms with Crippen LogP contribution in [0.1, 0.15) is 11.1 Å². The molecule has 6 heteroatoms. The highest BCUT2D eigenvalue weighted by atomic mass is 79.9. The molecule has 0 atom stereocenters. The second kappa shape index (κ2) is 5.54. The van der Waals surface area contributed by atoms with Crippen LogP contribution in [0.2, 0.25) is 0 Å². The topological polar surface area (TPSA) is 46.2 Å². The SMILES string of the molecule is Cc1ccc(S(=O)(=O)Nc2ccc(Br)c(F)c2)cc1C. The Morgan fingerprint density at radius 1 is 1.05 bits per heavy atom. The van der Waals surface area contributed by atoms with Crippen LogP contribution in [0.5, 0.6) is 0 Å². The third kappa shape index (κ3) is 3.19. The fourth-order valence-corrected chi connectivity index (χ4v) is 3.04. The lowest BCUT2D eigenvalue weighted by molar-refractivity contribution is 0.601. The molecular weight excluding hydrogens is 345 g/mol. The standard InChI is InChI=1S/C14H13BrFNO2S/c1-9-3-5-12(7-10(9)2)20(18,19)17-11-4-6-13(15)14(16)8-11/h3-8,17H,1-2H3. The van der Waals surface area contributed by atoms with Crippen molar-refractivity contribution in [2.45, 2.75) is 18.7 Å². The van der Waals surface area contributed by atoms with E-state index < -0.39 is 15.8 Å². The van der Waals surface area contributed by atoms with Crippen molar-refractivity contribution in [2.75, 3.05) is 4.72 Å². The fourth-order valence-electron chi connectivity index (χ4n) is 1.65. The van der Waals surface area contributed by atoms with Crippen LogP contribution in [0.4, 0.5) is 10.1 Å². The van der Waals surface area contributed by atoms with Crippen LogP contribution < -0.4 is 4.72 Å². The second-order valence-corrected chi connectivity index (χ2v) is 7.02. The minimum Gasteiger partial charge on any atom is -0.280 e. The summed E-state index contributed by atoms with van der Waals surface area (Å²) in [6.45, 7) is 3.75. The number of rotatable bonds is 3. The summed E-state index contributed by atoms with van der Waals surface area (Å²) in [5.74, 6) is -0.523. The number of sulfonamides is 1. The average Bonchev–Trinajstić information content (AvgIpc) is 2.37. The van der Waals surface area contributed by atoms with E-state index in [4.69, 9.17) is 0 Å². The molecule has 0 bridgehead atoms. The number of aryl methyl sites for hydroxylation is 2. The van der Waals surface area contributed by atoms with Crippen LogP contribution in [0.15, 0.2) is 45.8 Å². The summed E-state index contributed by atoms with van der Waals surface area (Å²) >= 11 is 3.02. The summed E-state index contributed by atoms with van der Waals surface area (Å²) < 4.78 is 40.5. The Morgan fingerprint density at radius 2 is 1.75 bits per heavy atom. The van der Waals surface area contributed by atoms with E-state index >= 15 is 0 Å². The van der Waals surface area contributed by atoms with Crippen molar-refractivity contribution in [1.82, 2.24) is 0 Å². The molecule has 0 unspecified atom stereocenters. The number of nitrogens with one attached hydrogen (secondary N) is 1. The molecule has 0 saturated heterocycles. The quantitative estimate of drug-likeness (QED) is 0.901. The van der Waals surface area contributed by atoms with Gasteiger partial charge in [0.05, 0.1) is 15.1 Å². The molecule has 2 aromatic carbocycles. The number of benzene rings is 2. The fraction of sp³-hybridized carbons (Fsp3) is 0.143. The molecule has 0 spiro atoms. The molecule has 106 valence electrons. The van der Waals surface area contributed by atoms with Gasteiger partial charge >= 0.3 is 0 Å². The van der Waals surface area contributed by atoms with Gasteiger partial charge in [0.15, 0.2) is 0 Å². The summed E-state index contributed by atoms with van der Waals surface area (Å²) in [7, 11) is -3.71. The van der Waals surface area contributed by atoms with Gasteiger partial charge in [-0.25, -0.2) is 12.8 Å². The van der Waals surface area contributed by atoms with Crippen molar-refractivity contribution in [2.24, 2.45) is 0 Å². The monoisotopic (exact) mass is 357 g/mol. The predicted molar refractivity (Wildman–Crippen MR) is 80.8 cm³/mol. The molecule has 0 fully saturated rings. The highest BCUT2D eigenvalue weighted by Gasteiger charge is 2.15. The maximum Gasteiger partial charge on any atom is 0.261 e. The van der Waals surface area contributed by atoms with Crippen LogP contribution >= 0.6 is 15.9 Å². The second-order valence-electron chi connectivity index (χ2n) is 4.48. The first kappa shape index (κ1) is 15.0. The number of halogens is 2. The van der Waals surface area contributed by atoms with Crippen LogP contribution in [0, 0.1) is 19.7 Å². The van der Waals surface area contributed by atoms with Crippen molar-refractivity contribution in [1.29, 1.82) is 0 Å². The van der Waals surface area contributed by atoms with Gasteiger partial charge in [0, 0.05) is 0 Å². The molecule has 2 aromatic rings. The Labute approximate surface area is 126 Å². The first-order valence-corrected chi connectivity index (χ1v) is 8.12. The molecule has 0 aliphatic heterocycles. The molecule has 0 heterocycles. The van der Waals surface area contributed by atoms with Crippen molar-refractivity contribution < 1.29 is 12.8 Å². The normalized spacial score (nSPS) is 11.4. The number of anilines is 1. The molecule has 0 aliphatic carbocycles. The first-order chi connectivity index (χ1) is 9.29. The molecule has 1 N–H and O–H groups in total. The van der Waals surface area contributed by atoms with Crippen molar-refractivity contribution in [3.05, 3.63) is 57.8 Å². The maximum atomic E-state index is 13.4. The van der Waals surface area contributed by atoms with Gasteiger partial charge in [0.25, 0.3) is 10.0 Å². The van der Waals surface area contributed by atoms with Crippen molar-refractivity contribution >= 4 is 31.6 Å². The smallest absolute Gasteiger partial charge is 0.261 e. The molecule has 0 radical (unpaired) electrons. The van der Waals surface area contributed by atoms with E-state index in [1.54, 1.807) is 12.1 Å². The minimum atomic E-state index is -3.71. The first-order valence-electron chi connectivity index (χ1n) is 5.85. The van der Waals surface area contributed by atoms with E-state index in [1.807, 2.05) is 13.8 Å². The average molecular weight is 358 g/mol. The zero-order valence-electron chi connectivity index (χ0n) is 10.9. The Hall–Kier alpha value is -1.40. The summed E-state index contributed by atoms with van der Waals surface area (Å²) in [5.41, 5.74) is 2.08. The molecule has 0 aliphatic rings. The summed E-state index contributed by atoms with van der Waals surface area (Å²) in [6.07, 6.45) is 0. The molecule has 2 rings (SSSR count). The van der Waals surface area contributed by atoms with Gasteiger partial charge in [-0.3, -0.25) is 4.72 Å². The molecule has 0 aromatic heterocycles. The Kier molecular flexibility index (Phi) is 4.15. The van der Waals surface area contributed by atoms with E-state index in [1.165, 1.54) is 18.2 Å². The van der Waals surface area contributed by atoms with Gasteiger partial charge in [0.1, 0.15) is 5.82 Å². The van der Waals surface area contributed by atoms with Gasteiger partial charge in [-0.2, -0.15) is 0 Å². The van der Waals surface area contributed by atoms with Crippen LogP contribution in [-0.4, -0.2) is 8.42 Å². The van der Waals surface area contributed by atoms with Crippen molar-refractivity contribution in [3.8, 4) is 0 Å². The zero-order valence-corrected chi connectivity index (χ0v) is 13.3. The van der Waals surface area contributed by atoms with E-state index in [-0.39, 0.29) is 15.1 Å². The highest BCUT2D eigenvalue weighted by Crippen LogP contribution is 2.22. The lowest BCUT2D eigenvalue weighted by atomic mass is 10.1. The molecule has 0 amide bonds. The van der Waals surface area contributed by atoms with Crippen molar-refractivity contribution in [3.63, 3.8) is 0 Å². The molecule has 0 saturated carbocycles. The predicted octanol–water partition coefficient (Wildman–Crippen LogP) is 4.01. The summed E-state index contributed by atoms with van der Waals surface area (Å²) in [6, 6.07) is 8.93. The molecule has 20 heavy (non-hydrogen) atoms. The number of hydrogen-bond acceptors (Lipinski definition) is 2. The lowest BCUT2D eigenvalue weighted by Gasteiger charge is -2.10. The van der Waals surface area contributed by atoms with E-state index in [0.29, 0.717) is 0 Å². The Morgan fingerprint density at radius 3 is 2.35 bits per heavy atom. The maximum absolute atomic E-state index is 13.4. The number of hydrogen-bond donors (Lipinski definition) is 1. The van der Waals surface area contributed by atoms with Gasteiger partial charge in [0.2, 0.25) is 0 Å². The Bertz CT molecular complexity index is 760. The van der Waals surface area contributed by atoms with Crippen LogP contribution in [-0.2, 0) is 10.0 Å². The molecule has 3 nitrogen and oxygen atoms in total. The van der Waals surface area contributed by atoms with E-state index in [9.17, 15) is 12.8 Å². The Balaban J connectivity index is 2.35. The summed E-state index contributed by atoms with van der Waals surface area (Å²) in [5, 5.41) is 0. The van der Waals surface area contributed by atoms with Gasteiger partial charge in [-0.15, -0.1) is 0 Å². The van der Waals surface area contributed by atoms with Crippen LogP contribution in [0.3, 0.4) is 0 Å². The van der Waals surface area contributed by atoms with E-state index in [2.05, 4.69) is 20.7 Å². The summed E-state index contributed by atoms with van der Waals surface area (Å²) in [4.78, 5) is 0.156. The minimum absolute atomic E-state index is 0.156. The van der Waals surface area contributed by atoms with E-state index in [0.717, 1.165) is 17.2 Å². The van der Waals surface area contributed by atoms with Gasteiger partial charge < -0.3 is 0 Å². The van der Waals surface area contributed by atoms with Gasteiger partial charge in [-0.1, -0.05) is 6.07 Å². The largest absolute Gasteiger partial charge is 0.280 e. The van der Waals surface area contributed by atoms with Crippen LogP contribution in [0.25, 0.3) is 0 Å².